The predicted octanol–water partition coefficient (Wildman–Crippen LogP) is 2.08. The molecule has 2 heterocycles. The molecule has 2 aromatic rings. The van der Waals surface area contributed by atoms with Gasteiger partial charge in [-0.1, -0.05) is 22.9 Å². The van der Waals surface area contributed by atoms with E-state index in [1.54, 1.807) is 13.1 Å². The number of nitrogens with zero attached hydrogens (tertiary/aromatic N) is 2. The first kappa shape index (κ1) is 13.9. The lowest BCUT2D eigenvalue weighted by Crippen LogP contribution is -2.25. The maximum atomic E-state index is 12.0. The van der Waals surface area contributed by atoms with Gasteiger partial charge in [0.15, 0.2) is 8.68 Å². The molecule has 1 N–H and O–H groups in total. The van der Waals surface area contributed by atoms with Crippen molar-refractivity contribution in [2.24, 2.45) is 0 Å². The molecular weight excluding hydrogens is 314 g/mol. The fraction of sp³-hybridized carbons (Fsp3) is 0.333. The van der Waals surface area contributed by atoms with Crippen molar-refractivity contribution in [2.75, 3.05) is 6.54 Å². The molecule has 5 nitrogen and oxygen atoms in total. The van der Waals surface area contributed by atoms with Gasteiger partial charge in [0.2, 0.25) is 0 Å². The second-order valence-electron chi connectivity index (χ2n) is 3.41. The smallest absolute Gasteiger partial charge is 0.250 e. The molecule has 0 radical (unpaired) electrons. The molecule has 0 saturated carbocycles. The average Bonchev–Trinajstić information content (AvgIpc) is 2.88. The lowest BCUT2D eigenvalue weighted by Gasteiger charge is -2.03. The van der Waals surface area contributed by atoms with Crippen molar-refractivity contribution in [3.63, 3.8) is 0 Å². The number of halogens is 1. The monoisotopic (exact) mass is 323 g/mol. The van der Waals surface area contributed by atoms with Crippen LogP contribution in [-0.2, 0) is 16.4 Å². The molecule has 0 spiro atoms. The minimum Gasteiger partial charge on any atom is -0.250 e. The predicted molar refractivity (Wildman–Crippen MR) is 72.9 cm³/mol. The first-order valence-corrected chi connectivity index (χ1v) is 8.56. The summed E-state index contributed by atoms with van der Waals surface area (Å²) in [6.45, 7) is 1.93. The molecule has 18 heavy (non-hydrogen) atoms. The molecule has 2 rings (SSSR count). The molecule has 0 amide bonds. The Morgan fingerprint density at radius 3 is 2.83 bits per heavy atom. The lowest BCUT2D eigenvalue weighted by atomic mass is 10.5. The van der Waals surface area contributed by atoms with Crippen LogP contribution in [0.15, 0.2) is 15.8 Å². The fourth-order valence-corrected chi connectivity index (χ4v) is 4.77. The molecule has 0 aliphatic carbocycles. The zero-order valence-corrected chi connectivity index (χ0v) is 12.6. The minimum atomic E-state index is -3.52. The summed E-state index contributed by atoms with van der Waals surface area (Å²) < 4.78 is 26.9. The zero-order chi connectivity index (χ0) is 13.2. The first-order valence-electron chi connectivity index (χ1n) is 5.00. The summed E-state index contributed by atoms with van der Waals surface area (Å²) in [5.74, 6) is 0. The van der Waals surface area contributed by atoms with E-state index in [0.717, 1.165) is 16.3 Å². The van der Waals surface area contributed by atoms with Crippen molar-refractivity contribution in [3.05, 3.63) is 26.7 Å². The molecule has 0 saturated heterocycles. The summed E-state index contributed by atoms with van der Waals surface area (Å²) in [4.78, 5) is 7.97. The highest BCUT2D eigenvalue weighted by Crippen LogP contribution is 2.26. The third-order valence-corrected chi connectivity index (χ3v) is 6.26. The molecular formula is C9H10ClN3O2S3. The standard InChI is InChI=1S/C9H10ClN3O2S3/c1-6-8(17-9(10)13-6)18(14,15)12-3-2-7-11-4-5-16-7/h4-5,12H,2-3H2,1H3. The van der Waals surface area contributed by atoms with Crippen molar-refractivity contribution >= 4 is 44.3 Å². The van der Waals surface area contributed by atoms with Crippen LogP contribution in [0.5, 0.6) is 0 Å². The Morgan fingerprint density at radius 1 is 1.50 bits per heavy atom. The molecule has 9 heteroatoms. The molecule has 0 fully saturated rings. The SMILES string of the molecule is Cc1nc(Cl)sc1S(=O)(=O)NCCc1nccs1. The van der Waals surface area contributed by atoms with Crippen LogP contribution in [0.3, 0.4) is 0 Å². The topological polar surface area (TPSA) is 72.0 Å². The van der Waals surface area contributed by atoms with E-state index in [4.69, 9.17) is 11.6 Å². The van der Waals surface area contributed by atoms with Gasteiger partial charge >= 0.3 is 0 Å². The number of nitrogens with one attached hydrogen (secondary N) is 1. The van der Waals surface area contributed by atoms with Gasteiger partial charge in [-0.2, -0.15) is 0 Å². The summed E-state index contributed by atoms with van der Waals surface area (Å²) in [5.41, 5.74) is 0.423. The van der Waals surface area contributed by atoms with Crippen LogP contribution >= 0.6 is 34.3 Å². The molecule has 0 atom stereocenters. The Hall–Kier alpha value is -0.540. The van der Waals surface area contributed by atoms with Gasteiger partial charge in [0.05, 0.1) is 10.7 Å². The van der Waals surface area contributed by atoms with Crippen LogP contribution in [0.2, 0.25) is 4.47 Å². The normalized spacial score (nSPS) is 11.9. The molecule has 98 valence electrons. The van der Waals surface area contributed by atoms with E-state index < -0.39 is 10.0 Å². The van der Waals surface area contributed by atoms with Gasteiger partial charge < -0.3 is 0 Å². The Labute approximate surface area is 118 Å². The van der Waals surface area contributed by atoms with Crippen LogP contribution in [0.25, 0.3) is 0 Å². The number of sulfonamides is 1. The highest BCUT2D eigenvalue weighted by molar-refractivity contribution is 7.91. The number of aromatic nitrogens is 2. The summed E-state index contributed by atoms with van der Waals surface area (Å²) >= 11 is 8.15. The van der Waals surface area contributed by atoms with Gasteiger partial charge in [0, 0.05) is 24.5 Å². The van der Waals surface area contributed by atoms with E-state index in [2.05, 4.69) is 14.7 Å². The second-order valence-corrected chi connectivity index (χ2v) is 7.94. The number of aryl methyl sites for hydroxylation is 1. The van der Waals surface area contributed by atoms with E-state index in [1.165, 1.54) is 11.3 Å². The molecule has 0 aliphatic rings. The molecule has 0 aliphatic heterocycles. The van der Waals surface area contributed by atoms with Gasteiger partial charge in [-0.25, -0.2) is 23.1 Å². The van der Waals surface area contributed by atoms with Gasteiger partial charge in [-0.3, -0.25) is 0 Å². The second kappa shape index (κ2) is 5.62. The zero-order valence-electron chi connectivity index (χ0n) is 9.38. The van der Waals surface area contributed by atoms with E-state index in [9.17, 15) is 8.42 Å². The maximum Gasteiger partial charge on any atom is 0.251 e. The van der Waals surface area contributed by atoms with Crippen molar-refractivity contribution in [1.29, 1.82) is 0 Å². The maximum absolute atomic E-state index is 12.0. The summed E-state index contributed by atoms with van der Waals surface area (Å²) in [5, 5.41) is 2.76. The highest BCUT2D eigenvalue weighted by atomic mass is 35.5. The van der Waals surface area contributed by atoms with Crippen molar-refractivity contribution < 1.29 is 8.42 Å². The summed E-state index contributed by atoms with van der Waals surface area (Å²) in [6.07, 6.45) is 2.27. The Balaban J connectivity index is 2.02. The average molecular weight is 324 g/mol. The molecule has 0 unspecified atom stereocenters. The lowest BCUT2D eigenvalue weighted by molar-refractivity contribution is 0.583. The third-order valence-electron chi connectivity index (χ3n) is 2.09. The van der Waals surface area contributed by atoms with E-state index >= 15 is 0 Å². The van der Waals surface area contributed by atoms with Crippen molar-refractivity contribution in [2.45, 2.75) is 17.6 Å². The Bertz CT molecular complexity index is 622. The van der Waals surface area contributed by atoms with Crippen LogP contribution < -0.4 is 4.72 Å². The molecule has 0 bridgehead atoms. The molecule has 0 aromatic carbocycles. The molecule has 2 aromatic heterocycles. The highest BCUT2D eigenvalue weighted by Gasteiger charge is 2.20. The minimum absolute atomic E-state index is 0.173. The largest absolute Gasteiger partial charge is 0.251 e. The van der Waals surface area contributed by atoms with Crippen molar-refractivity contribution in [1.82, 2.24) is 14.7 Å². The summed E-state index contributed by atoms with van der Waals surface area (Å²) in [7, 11) is -3.52. The van der Waals surface area contributed by atoms with E-state index in [1.807, 2.05) is 5.38 Å². The van der Waals surface area contributed by atoms with Gasteiger partial charge in [0.25, 0.3) is 10.0 Å². The quantitative estimate of drug-likeness (QED) is 0.914. The number of thiazole rings is 2. The number of hydrogen-bond donors (Lipinski definition) is 1. The van der Waals surface area contributed by atoms with E-state index in [0.29, 0.717) is 18.7 Å². The van der Waals surface area contributed by atoms with E-state index in [-0.39, 0.29) is 8.68 Å². The first-order chi connectivity index (χ1) is 8.49. The number of hydrogen-bond acceptors (Lipinski definition) is 6. The summed E-state index contributed by atoms with van der Waals surface area (Å²) in [6, 6.07) is 0. The van der Waals surface area contributed by atoms with Crippen LogP contribution in [-0.4, -0.2) is 24.9 Å². The van der Waals surface area contributed by atoms with Gasteiger partial charge in [-0.05, 0) is 6.92 Å². The Morgan fingerprint density at radius 2 is 2.28 bits per heavy atom. The van der Waals surface area contributed by atoms with Gasteiger partial charge in [0.1, 0.15) is 0 Å². The van der Waals surface area contributed by atoms with Crippen LogP contribution in [0, 0.1) is 6.92 Å². The number of rotatable bonds is 5. The van der Waals surface area contributed by atoms with Gasteiger partial charge in [-0.15, -0.1) is 11.3 Å². The van der Waals surface area contributed by atoms with Crippen LogP contribution in [0.4, 0.5) is 0 Å². The third kappa shape index (κ3) is 3.27. The van der Waals surface area contributed by atoms with Crippen LogP contribution in [0.1, 0.15) is 10.7 Å². The fourth-order valence-electron chi connectivity index (χ4n) is 1.33. The van der Waals surface area contributed by atoms with Crippen molar-refractivity contribution in [3.8, 4) is 0 Å². The Kier molecular flexibility index (Phi) is 4.33.